The highest BCUT2D eigenvalue weighted by molar-refractivity contribution is 6.09. The Hall–Kier alpha value is -2.36. The molecule has 80 valence electrons. The van der Waals surface area contributed by atoms with Crippen LogP contribution in [0.5, 0.6) is 0 Å². The fraction of sp³-hybridized carbons (Fsp3) is 0. The van der Waals surface area contributed by atoms with Crippen LogP contribution in [0.15, 0.2) is 42.7 Å². The van der Waals surface area contributed by atoms with Gasteiger partial charge in [-0.25, -0.2) is 4.79 Å². The number of carbonyl (C=O) groups is 2. The molecule has 0 saturated heterocycles. The summed E-state index contributed by atoms with van der Waals surface area (Å²) in [6, 6.07) is 7.54. The SMILES string of the molecule is O=C(O)c1ccc(C(=O)c2cc[nH]c2)cc1. The molecule has 0 aliphatic carbocycles. The number of nitrogens with one attached hydrogen (secondary N) is 1. The Kier molecular flexibility index (Phi) is 2.55. The van der Waals surface area contributed by atoms with Gasteiger partial charge >= 0.3 is 5.97 Å². The molecule has 1 aromatic heterocycles. The van der Waals surface area contributed by atoms with Gasteiger partial charge in [-0.05, 0) is 18.2 Å². The fourth-order valence-electron chi connectivity index (χ4n) is 1.40. The lowest BCUT2D eigenvalue weighted by molar-refractivity contribution is 0.0696. The highest BCUT2D eigenvalue weighted by Crippen LogP contribution is 2.10. The molecule has 0 amide bonds. The van der Waals surface area contributed by atoms with E-state index in [1.54, 1.807) is 18.5 Å². The first-order chi connectivity index (χ1) is 7.68. The normalized spacial score (nSPS) is 10.0. The van der Waals surface area contributed by atoms with Crippen LogP contribution in [0, 0.1) is 0 Å². The van der Waals surface area contributed by atoms with E-state index in [4.69, 9.17) is 5.11 Å². The zero-order valence-electron chi connectivity index (χ0n) is 8.31. The Morgan fingerprint density at radius 2 is 1.56 bits per heavy atom. The van der Waals surface area contributed by atoms with Crippen LogP contribution in [-0.2, 0) is 0 Å². The first-order valence-electron chi connectivity index (χ1n) is 4.69. The summed E-state index contributed by atoms with van der Waals surface area (Å²) < 4.78 is 0. The lowest BCUT2D eigenvalue weighted by Crippen LogP contribution is -2.01. The highest BCUT2D eigenvalue weighted by atomic mass is 16.4. The van der Waals surface area contributed by atoms with Crippen molar-refractivity contribution in [2.75, 3.05) is 0 Å². The minimum Gasteiger partial charge on any atom is -0.478 e. The minimum atomic E-state index is -0.999. The van der Waals surface area contributed by atoms with Gasteiger partial charge in [0.15, 0.2) is 5.78 Å². The molecule has 0 radical (unpaired) electrons. The third kappa shape index (κ3) is 1.86. The molecule has 0 aliphatic rings. The maximum Gasteiger partial charge on any atom is 0.335 e. The summed E-state index contributed by atoms with van der Waals surface area (Å²) in [6.45, 7) is 0. The Bertz CT molecular complexity index is 512. The summed E-state index contributed by atoms with van der Waals surface area (Å²) in [6.07, 6.45) is 3.27. The summed E-state index contributed by atoms with van der Waals surface area (Å²) in [5.74, 6) is -1.13. The smallest absolute Gasteiger partial charge is 0.335 e. The number of carbonyl (C=O) groups excluding carboxylic acids is 1. The van der Waals surface area contributed by atoms with Crippen LogP contribution in [-0.4, -0.2) is 21.8 Å². The quantitative estimate of drug-likeness (QED) is 0.768. The molecule has 16 heavy (non-hydrogen) atoms. The van der Waals surface area contributed by atoms with Crippen molar-refractivity contribution < 1.29 is 14.7 Å². The maximum atomic E-state index is 11.8. The van der Waals surface area contributed by atoms with E-state index >= 15 is 0 Å². The van der Waals surface area contributed by atoms with Crippen LogP contribution in [0.4, 0.5) is 0 Å². The van der Waals surface area contributed by atoms with Gasteiger partial charge in [0.2, 0.25) is 0 Å². The van der Waals surface area contributed by atoms with Gasteiger partial charge in [-0.1, -0.05) is 12.1 Å². The van der Waals surface area contributed by atoms with Gasteiger partial charge < -0.3 is 10.1 Å². The third-order valence-electron chi connectivity index (χ3n) is 2.25. The Morgan fingerprint density at radius 1 is 0.938 bits per heavy atom. The predicted octanol–water partition coefficient (Wildman–Crippen LogP) is 1.94. The molecule has 0 spiro atoms. The number of H-pyrrole nitrogens is 1. The number of benzene rings is 1. The van der Waals surface area contributed by atoms with Crippen molar-refractivity contribution in [2.24, 2.45) is 0 Å². The minimum absolute atomic E-state index is 0.127. The van der Waals surface area contributed by atoms with Crippen molar-refractivity contribution in [3.63, 3.8) is 0 Å². The summed E-state index contributed by atoms with van der Waals surface area (Å²) in [5, 5.41) is 8.71. The number of carboxylic acids is 1. The molecule has 2 N–H and O–H groups in total. The van der Waals surface area contributed by atoms with E-state index in [-0.39, 0.29) is 11.3 Å². The van der Waals surface area contributed by atoms with Gasteiger partial charge in [0, 0.05) is 23.5 Å². The molecule has 0 bridgehead atoms. The number of aromatic amines is 1. The first-order valence-corrected chi connectivity index (χ1v) is 4.69. The van der Waals surface area contributed by atoms with Gasteiger partial charge in [0.1, 0.15) is 0 Å². The molecule has 0 atom stereocenters. The molecule has 0 fully saturated rings. The number of aromatic carboxylic acids is 1. The average molecular weight is 215 g/mol. The zero-order valence-corrected chi connectivity index (χ0v) is 8.31. The van der Waals surface area contributed by atoms with E-state index in [1.165, 1.54) is 24.3 Å². The van der Waals surface area contributed by atoms with Crippen molar-refractivity contribution in [3.8, 4) is 0 Å². The number of hydrogen-bond acceptors (Lipinski definition) is 2. The van der Waals surface area contributed by atoms with Crippen molar-refractivity contribution in [3.05, 3.63) is 59.4 Å². The second-order valence-corrected chi connectivity index (χ2v) is 3.31. The summed E-state index contributed by atoms with van der Waals surface area (Å²) in [7, 11) is 0. The van der Waals surface area contributed by atoms with Crippen molar-refractivity contribution in [1.82, 2.24) is 4.98 Å². The van der Waals surface area contributed by atoms with E-state index in [0.717, 1.165) is 0 Å². The lowest BCUT2D eigenvalue weighted by atomic mass is 10.0. The third-order valence-corrected chi connectivity index (χ3v) is 2.25. The van der Waals surface area contributed by atoms with Gasteiger partial charge in [0.25, 0.3) is 0 Å². The van der Waals surface area contributed by atoms with E-state index in [2.05, 4.69) is 4.98 Å². The topological polar surface area (TPSA) is 70.2 Å². The van der Waals surface area contributed by atoms with Crippen molar-refractivity contribution >= 4 is 11.8 Å². The van der Waals surface area contributed by atoms with Gasteiger partial charge in [-0.3, -0.25) is 4.79 Å². The molecule has 0 saturated carbocycles. The molecule has 4 nitrogen and oxygen atoms in total. The Morgan fingerprint density at radius 3 is 2.06 bits per heavy atom. The van der Waals surface area contributed by atoms with E-state index in [9.17, 15) is 9.59 Å². The molecular formula is C12H9NO3. The van der Waals surface area contributed by atoms with E-state index in [0.29, 0.717) is 11.1 Å². The predicted molar refractivity (Wildman–Crippen MR) is 57.6 cm³/mol. The molecule has 1 aromatic carbocycles. The molecule has 2 aromatic rings. The highest BCUT2D eigenvalue weighted by Gasteiger charge is 2.10. The van der Waals surface area contributed by atoms with Gasteiger partial charge in [-0.15, -0.1) is 0 Å². The molecular weight excluding hydrogens is 206 g/mol. The maximum absolute atomic E-state index is 11.8. The van der Waals surface area contributed by atoms with Gasteiger partial charge in [-0.2, -0.15) is 0 Å². The number of ketones is 1. The largest absolute Gasteiger partial charge is 0.478 e. The van der Waals surface area contributed by atoms with Crippen LogP contribution < -0.4 is 0 Å². The summed E-state index contributed by atoms with van der Waals surface area (Å²) in [5.41, 5.74) is 1.21. The Labute approximate surface area is 91.5 Å². The number of carboxylic acid groups (broad SMARTS) is 1. The van der Waals surface area contributed by atoms with Crippen LogP contribution in [0.2, 0.25) is 0 Å². The average Bonchev–Trinajstić information content (AvgIpc) is 2.81. The van der Waals surface area contributed by atoms with Gasteiger partial charge in [0.05, 0.1) is 5.56 Å². The van der Waals surface area contributed by atoms with Crippen LogP contribution in [0.3, 0.4) is 0 Å². The molecule has 0 unspecified atom stereocenters. The number of aromatic nitrogens is 1. The summed E-state index contributed by atoms with van der Waals surface area (Å²) >= 11 is 0. The summed E-state index contributed by atoms with van der Waals surface area (Å²) in [4.78, 5) is 25.2. The van der Waals surface area contributed by atoms with Crippen molar-refractivity contribution in [1.29, 1.82) is 0 Å². The fourth-order valence-corrected chi connectivity index (χ4v) is 1.40. The second-order valence-electron chi connectivity index (χ2n) is 3.31. The van der Waals surface area contributed by atoms with Crippen LogP contribution >= 0.6 is 0 Å². The number of rotatable bonds is 3. The number of hydrogen-bond donors (Lipinski definition) is 2. The molecule has 4 heteroatoms. The monoisotopic (exact) mass is 215 g/mol. The second kappa shape index (κ2) is 4.02. The van der Waals surface area contributed by atoms with Crippen LogP contribution in [0.1, 0.15) is 26.3 Å². The molecule has 0 aliphatic heterocycles. The Balaban J connectivity index is 2.29. The van der Waals surface area contributed by atoms with Crippen LogP contribution in [0.25, 0.3) is 0 Å². The lowest BCUT2D eigenvalue weighted by Gasteiger charge is -1.99. The molecule has 1 heterocycles. The van der Waals surface area contributed by atoms with Crippen molar-refractivity contribution in [2.45, 2.75) is 0 Å². The molecule has 2 rings (SSSR count). The van der Waals surface area contributed by atoms with E-state index in [1.807, 2.05) is 0 Å². The zero-order chi connectivity index (χ0) is 11.5. The standard InChI is InChI=1S/C12H9NO3/c14-11(10-5-6-13-7-10)8-1-3-9(4-2-8)12(15)16/h1-7,13H,(H,15,16). The first kappa shape index (κ1) is 10.2. The van der Waals surface area contributed by atoms with E-state index < -0.39 is 5.97 Å².